The third-order valence-electron chi connectivity index (χ3n) is 5.11. The summed E-state index contributed by atoms with van der Waals surface area (Å²) in [6.07, 6.45) is 2.60. The van der Waals surface area contributed by atoms with E-state index in [2.05, 4.69) is 20.1 Å². The van der Waals surface area contributed by atoms with E-state index in [-0.39, 0.29) is 22.9 Å². The molecule has 0 spiro atoms. The molecule has 0 aliphatic heterocycles. The zero-order valence-electron chi connectivity index (χ0n) is 19.2. The SMILES string of the molecule is CC(C)CNC(=O)c1c(NS(C)(=O)=O)nn2c(-c3ccc(Cl)cc3)c(-c3ccccc3Cl)cnc12. The average molecular weight is 532 g/mol. The maximum atomic E-state index is 13.2. The maximum Gasteiger partial charge on any atom is 0.259 e. The number of carbonyl (C=O) groups is 1. The van der Waals surface area contributed by atoms with Crippen molar-refractivity contribution in [3.8, 4) is 22.4 Å². The van der Waals surface area contributed by atoms with Crippen LogP contribution in [0.2, 0.25) is 10.0 Å². The largest absolute Gasteiger partial charge is 0.352 e. The molecule has 0 fully saturated rings. The number of hydrogen-bond donors (Lipinski definition) is 2. The fourth-order valence-electron chi connectivity index (χ4n) is 3.59. The van der Waals surface area contributed by atoms with Crippen molar-refractivity contribution in [1.29, 1.82) is 0 Å². The summed E-state index contributed by atoms with van der Waals surface area (Å²) >= 11 is 12.6. The molecular formula is C24H23Cl2N5O3S. The third-order valence-corrected chi connectivity index (χ3v) is 6.25. The van der Waals surface area contributed by atoms with Crippen LogP contribution in [0.3, 0.4) is 0 Å². The van der Waals surface area contributed by atoms with Crippen molar-refractivity contribution >= 4 is 50.6 Å². The molecule has 35 heavy (non-hydrogen) atoms. The van der Waals surface area contributed by atoms with E-state index >= 15 is 0 Å². The van der Waals surface area contributed by atoms with E-state index in [1.165, 1.54) is 4.52 Å². The molecule has 11 heteroatoms. The molecule has 2 heterocycles. The van der Waals surface area contributed by atoms with Gasteiger partial charge in [-0.2, -0.15) is 0 Å². The molecule has 0 aliphatic carbocycles. The Morgan fingerprint density at radius 3 is 2.37 bits per heavy atom. The lowest BCUT2D eigenvalue weighted by molar-refractivity contribution is 0.0951. The minimum absolute atomic E-state index is 0.0250. The highest BCUT2D eigenvalue weighted by atomic mass is 35.5. The number of benzene rings is 2. The summed E-state index contributed by atoms with van der Waals surface area (Å²) in [6, 6.07) is 14.4. The van der Waals surface area contributed by atoms with E-state index in [0.29, 0.717) is 33.4 Å². The number of nitrogens with zero attached hydrogens (tertiary/aromatic N) is 3. The topological polar surface area (TPSA) is 105 Å². The van der Waals surface area contributed by atoms with E-state index in [4.69, 9.17) is 23.2 Å². The first kappa shape index (κ1) is 25.0. The van der Waals surface area contributed by atoms with Gasteiger partial charge in [0.05, 0.1) is 11.9 Å². The number of hydrogen-bond acceptors (Lipinski definition) is 5. The van der Waals surface area contributed by atoms with Crippen LogP contribution < -0.4 is 10.0 Å². The van der Waals surface area contributed by atoms with E-state index < -0.39 is 15.9 Å². The Morgan fingerprint density at radius 2 is 1.74 bits per heavy atom. The number of rotatable bonds is 7. The molecule has 8 nitrogen and oxygen atoms in total. The van der Waals surface area contributed by atoms with Crippen molar-refractivity contribution in [2.45, 2.75) is 13.8 Å². The van der Waals surface area contributed by atoms with Crippen LogP contribution in [0, 0.1) is 5.92 Å². The zero-order chi connectivity index (χ0) is 25.3. The summed E-state index contributed by atoms with van der Waals surface area (Å²) in [4.78, 5) is 17.7. The fraction of sp³-hybridized carbons (Fsp3) is 0.208. The molecule has 2 N–H and O–H groups in total. The van der Waals surface area contributed by atoms with Gasteiger partial charge in [-0.05, 0) is 24.1 Å². The first-order valence-corrected chi connectivity index (χ1v) is 13.4. The molecular weight excluding hydrogens is 509 g/mol. The molecule has 0 radical (unpaired) electrons. The summed E-state index contributed by atoms with van der Waals surface area (Å²) in [5.74, 6) is -0.413. The molecule has 2 aromatic heterocycles. The molecule has 0 aliphatic rings. The Bertz CT molecular complexity index is 1520. The van der Waals surface area contributed by atoms with E-state index in [9.17, 15) is 13.2 Å². The first-order valence-electron chi connectivity index (χ1n) is 10.7. The summed E-state index contributed by atoms with van der Waals surface area (Å²) < 4.78 is 28.0. The highest BCUT2D eigenvalue weighted by Gasteiger charge is 2.26. The minimum Gasteiger partial charge on any atom is -0.352 e. The monoisotopic (exact) mass is 531 g/mol. The summed E-state index contributed by atoms with van der Waals surface area (Å²) in [5, 5.41) is 8.36. The van der Waals surface area contributed by atoms with E-state index in [1.807, 2.05) is 32.0 Å². The van der Waals surface area contributed by atoms with Crippen LogP contribution in [0.5, 0.6) is 0 Å². The van der Waals surface area contributed by atoms with Crippen LogP contribution in [0.25, 0.3) is 28.0 Å². The second-order valence-electron chi connectivity index (χ2n) is 8.44. The predicted molar refractivity (Wildman–Crippen MR) is 140 cm³/mol. The van der Waals surface area contributed by atoms with Gasteiger partial charge in [-0.25, -0.2) is 17.9 Å². The van der Waals surface area contributed by atoms with Gasteiger partial charge < -0.3 is 5.32 Å². The molecule has 0 bridgehead atoms. The lowest BCUT2D eigenvalue weighted by Gasteiger charge is -2.13. The lowest BCUT2D eigenvalue weighted by Crippen LogP contribution is -2.28. The molecule has 0 atom stereocenters. The van der Waals surface area contributed by atoms with Gasteiger partial charge in [0.25, 0.3) is 5.91 Å². The molecule has 2 aromatic carbocycles. The van der Waals surface area contributed by atoms with Crippen LogP contribution >= 0.6 is 23.2 Å². The summed E-state index contributed by atoms with van der Waals surface area (Å²) in [6.45, 7) is 4.31. The normalized spacial score (nSPS) is 11.7. The van der Waals surface area contributed by atoms with Gasteiger partial charge in [-0.1, -0.05) is 67.4 Å². The van der Waals surface area contributed by atoms with E-state index in [0.717, 1.165) is 11.8 Å². The van der Waals surface area contributed by atoms with Crippen molar-refractivity contribution in [3.05, 3.63) is 70.3 Å². The third kappa shape index (κ3) is 5.42. The zero-order valence-corrected chi connectivity index (χ0v) is 21.5. The second-order valence-corrected chi connectivity index (χ2v) is 11.0. The molecule has 0 unspecified atom stereocenters. The van der Waals surface area contributed by atoms with Gasteiger partial charge in [0.1, 0.15) is 5.56 Å². The Hall–Kier alpha value is -3.14. The molecule has 0 saturated carbocycles. The van der Waals surface area contributed by atoms with Crippen LogP contribution in [-0.4, -0.2) is 41.7 Å². The molecule has 1 amide bonds. The first-order chi connectivity index (χ1) is 16.5. The summed E-state index contributed by atoms with van der Waals surface area (Å²) in [7, 11) is -3.74. The molecule has 4 rings (SSSR count). The van der Waals surface area contributed by atoms with Crippen LogP contribution in [-0.2, 0) is 10.0 Å². The number of sulfonamides is 1. The number of carbonyl (C=O) groups excluding carboxylic acids is 1. The lowest BCUT2D eigenvalue weighted by atomic mass is 10.0. The van der Waals surface area contributed by atoms with Gasteiger partial charge in [-0.15, -0.1) is 5.10 Å². The minimum atomic E-state index is -3.74. The Labute approximate surface area is 213 Å². The van der Waals surface area contributed by atoms with Gasteiger partial charge in [0.15, 0.2) is 11.5 Å². The van der Waals surface area contributed by atoms with E-state index in [1.54, 1.807) is 36.5 Å². The van der Waals surface area contributed by atoms with Crippen molar-refractivity contribution in [2.24, 2.45) is 5.92 Å². The Kier molecular flexibility index (Phi) is 7.02. The average Bonchev–Trinajstić information content (AvgIpc) is 3.14. The Balaban J connectivity index is 2.05. The van der Waals surface area contributed by atoms with Gasteiger partial charge in [0, 0.05) is 39.5 Å². The van der Waals surface area contributed by atoms with Crippen LogP contribution in [0.1, 0.15) is 24.2 Å². The highest BCUT2D eigenvalue weighted by Crippen LogP contribution is 2.37. The number of anilines is 1. The number of halogens is 2. The molecule has 182 valence electrons. The van der Waals surface area contributed by atoms with Gasteiger partial charge in [-0.3, -0.25) is 9.52 Å². The second kappa shape index (κ2) is 9.85. The van der Waals surface area contributed by atoms with Gasteiger partial charge >= 0.3 is 0 Å². The van der Waals surface area contributed by atoms with Crippen molar-refractivity contribution in [2.75, 3.05) is 17.5 Å². The predicted octanol–water partition coefficient (Wildman–Crippen LogP) is 5.13. The number of aromatic nitrogens is 3. The quantitative estimate of drug-likeness (QED) is 0.344. The number of amides is 1. The Morgan fingerprint density at radius 1 is 1.06 bits per heavy atom. The van der Waals surface area contributed by atoms with Crippen molar-refractivity contribution in [1.82, 2.24) is 19.9 Å². The van der Waals surface area contributed by atoms with Crippen LogP contribution in [0.15, 0.2) is 54.7 Å². The smallest absolute Gasteiger partial charge is 0.259 e. The number of fused-ring (bicyclic) bond motifs is 1. The number of nitrogens with one attached hydrogen (secondary N) is 2. The maximum absolute atomic E-state index is 13.2. The highest BCUT2D eigenvalue weighted by molar-refractivity contribution is 7.92. The van der Waals surface area contributed by atoms with Gasteiger partial charge in [0.2, 0.25) is 10.0 Å². The van der Waals surface area contributed by atoms with Crippen molar-refractivity contribution < 1.29 is 13.2 Å². The fourth-order valence-corrected chi connectivity index (χ4v) is 4.45. The van der Waals surface area contributed by atoms with Crippen molar-refractivity contribution in [3.63, 3.8) is 0 Å². The molecule has 0 saturated heterocycles. The summed E-state index contributed by atoms with van der Waals surface area (Å²) in [5.41, 5.74) is 2.86. The molecule has 4 aromatic rings. The van der Waals surface area contributed by atoms with Crippen LogP contribution in [0.4, 0.5) is 5.82 Å². The standard InChI is InChI=1S/C24H23Cl2N5O3S/c1-14(2)12-28-24(32)20-22(30-35(3,33)34)29-31-21(15-8-10-16(25)11-9-15)18(13-27-23(20)31)17-6-4-5-7-19(17)26/h4-11,13-14H,12H2,1-3H3,(H,28,32)(H,29,30).